The fourth-order valence-corrected chi connectivity index (χ4v) is 2.49. The normalized spacial score (nSPS) is 20.0. The third-order valence-electron chi connectivity index (χ3n) is 3.74. The number of rotatable bonds is 4. The van der Waals surface area contributed by atoms with Gasteiger partial charge in [0.05, 0.1) is 0 Å². The first-order chi connectivity index (χ1) is 8.69. The van der Waals surface area contributed by atoms with Crippen molar-refractivity contribution in [2.24, 2.45) is 0 Å². The number of carbonyl (C=O) groups is 1. The lowest BCUT2D eigenvalue weighted by atomic mass is 10.1. The van der Waals surface area contributed by atoms with Gasteiger partial charge in [-0.1, -0.05) is 19.1 Å². The highest BCUT2D eigenvalue weighted by atomic mass is 16.1. The van der Waals surface area contributed by atoms with E-state index in [4.69, 9.17) is 0 Å². The highest BCUT2D eigenvalue weighted by Gasteiger charge is 2.23. The molecule has 0 spiro atoms. The largest absolute Gasteiger partial charge is 0.326 e. The van der Waals surface area contributed by atoms with E-state index in [9.17, 15) is 4.79 Å². The number of aryl methyl sites for hydroxylation is 1. The van der Waals surface area contributed by atoms with Crippen LogP contribution in [-0.4, -0.2) is 30.4 Å². The zero-order chi connectivity index (χ0) is 13.0. The highest BCUT2D eigenvalue weighted by molar-refractivity contribution is 5.91. The van der Waals surface area contributed by atoms with Crippen molar-refractivity contribution < 1.29 is 4.79 Å². The number of hydrogen-bond donors (Lipinski definition) is 1. The van der Waals surface area contributed by atoms with Crippen LogP contribution in [0.1, 0.15) is 31.7 Å². The van der Waals surface area contributed by atoms with Gasteiger partial charge >= 0.3 is 0 Å². The molecule has 0 aliphatic carbocycles. The third kappa shape index (κ3) is 3.33. The van der Waals surface area contributed by atoms with Crippen LogP contribution < -0.4 is 5.32 Å². The molecule has 2 rings (SSSR count). The second-order valence-electron chi connectivity index (χ2n) is 5.08. The molecule has 1 amide bonds. The molecule has 0 saturated carbocycles. The summed E-state index contributed by atoms with van der Waals surface area (Å²) in [4.78, 5) is 14.2. The van der Waals surface area contributed by atoms with Crippen LogP contribution in [-0.2, 0) is 11.2 Å². The maximum absolute atomic E-state index is 11.9. The molecule has 1 aliphatic heterocycles. The van der Waals surface area contributed by atoms with Gasteiger partial charge in [0, 0.05) is 18.2 Å². The number of benzene rings is 1. The van der Waals surface area contributed by atoms with Crippen molar-refractivity contribution in [3.63, 3.8) is 0 Å². The van der Waals surface area contributed by atoms with Crippen molar-refractivity contribution in [1.82, 2.24) is 4.90 Å². The Morgan fingerprint density at radius 2 is 2.11 bits per heavy atom. The number of amides is 1. The fourth-order valence-electron chi connectivity index (χ4n) is 2.49. The summed E-state index contributed by atoms with van der Waals surface area (Å²) < 4.78 is 0. The van der Waals surface area contributed by atoms with Crippen LogP contribution in [0.25, 0.3) is 0 Å². The first-order valence-electron chi connectivity index (χ1n) is 6.78. The standard InChI is InChI=1S/C15H22N2O/c1-3-12-6-8-13(9-7-12)16-15(18)11-14-5-4-10-17(14)2/h6-9,14H,3-5,10-11H2,1-2H3,(H,16,18). The summed E-state index contributed by atoms with van der Waals surface area (Å²) in [6.45, 7) is 3.24. The van der Waals surface area contributed by atoms with Gasteiger partial charge < -0.3 is 10.2 Å². The van der Waals surface area contributed by atoms with Gasteiger partial charge in [-0.2, -0.15) is 0 Å². The van der Waals surface area contributed by atoms with Gasteiger partial charge in [0.2, 0.25) is 5.91 Å². The molecule has 1 aliphatic rings. The van der Waals surface area contributed by atoms with Crippen LogP contribution in [0.2, 0.25) is 0 Å². The molecule has 1 aromatic carbocycles. The highest BCUT2D eigenvalue weighted by Crippen LogP contribution is 2.18. The van der Waals surface area contributed by atoms with Crippen LogP contribution in [0.5, 0.6) is 0 Å². The van der Waals surface area contributed by atoms with Crippen LogP contribution in [0.3, 0.4) is 0 Å². The summed E-state index contributed by atoms with van der Waals surface area (Å²) in [7, 11) is 2.10. The SMILES string of the molecule is CCc1ccc(NC(=O)CC2CCCN2C)cc1. The van der Waals surface area contributed by atoms with E-state index in [1.54, 1.807) is 0 Å². The molecule has 3 heteroatoms. The molecule has 1 N–H and O–H groups in total. The summed E-state index contributed by atoms with van der Waals surface area (Å²) in [5.41, 5.74) is 2.20. The minimum absolute atomic E-state index is 0.123. The number of anilines is 1. The molecular formula is C15H22N2O. The Bertz CT molecular complexity index is 399. The molecule has 98 valence electrons. The topological polar surface area (TPSA) is 32.3 Å². The van der Waals surface area contributed by atoms with Crippen molar-refractivity contribution in [3.8, 4) is 0 Å². The summed E-state index contributed by atoms with van der Waals surface area (Å²) in [5.74, 6) is 0.123. The van der Waals surface area contributed by atoms with E-state index < -0.39 is 0 Å². The van der Waals surface area contributed by atoms with Gasteiger partial charge in [0.1, 0.15) is 0 Å². The van der Waals surface area contributed by atoms with E-state index in [0.29, 0.717) is 12.5 Å². The van der Waals surface area contributed by atoms with E-state index in [2.05, 4.69) is 36.3 Å². The molecule has 0 radical (unpaired) electrons. The summed E-state index contributed by atoms with van der Waals surface area (Å²) in [6, 6.07) is 8.51. The second-order valence-corrected chi connectivity index (χ2v) is 5.08. The quantitative estimate of drug-likeness (QED) is 0.886. The molecule has 3 nitrogen and oxygen atoms in total. The number of nitrogens with zero attached hydrogens (tertiary/aromatic N) is 1. The Hall–Kier alpha value is -1.35. The number of carbonyl (C=O) groups excluding carboxylic acids is 1. The molecule has 0 aromatic heterocycles. The molecular weight excluding hydrogens is 224 g/mol. The van der Waals surface area contributed by atoms with Crippen molar-refractivity contribution in [2.45, 2.75) is 38.6 Å². The van der Waals surface area contributed by atoms with Gasteiger partial charge in [-0.3, -0.25) is 4.79 Å². The van der Waals surface area contributed by atoms with E-state index in [0.717, 1.165) is 25.1 Å². The molecule has 1 heterocycles. The minimum Gasteiger partial charge on any atom is -0.326 e. The predicted molar refractivity (Wildman–Crippen MR) is 74.7 cm³/mol. The monoisotopic (exact) mass is 246 g/mol. The Morgan fingerprint density at radius 3 is 2.67 bits per heavy atom. The van der Waals surface area contributed by atoms with Crippen LogP contribution >= 0.6 is 0 Å². The summed E-state index contributed by atoms with van der Waals surface area (Å²) in [6.07, 6.45) is 3.98. The van der Waals surface area contributed by atoms with Crippen molar-refractivity contribution in [1.29, 1.82) is 0 Å². The molecule has 0 bridgehead atoms. The van der Waals surface area contributed by atoms with Gasteiger partial charge in [-0.15, -0.1) is 0 Å². The zero-order valence-corrected chi connectivity index (χ0v) is 11.3. The van der Waals surface area contributed by atoms with Crippen LogP contribution in [0.4, 0.5) is 5.69 Å². The van der Waals surface area contributed by atoms with Crippen molar-refractivity contribution in [3.05, 3.63) is 29.8 Å². The average molecular weight is 246 g/mol. The molecule has 1 aromatic rings. The lowest BCUT2D eigenvalue weighted by Crippen LogP contribution is -2.29. The average Bonchev–Trinajstić information content (AvgIpc) is 2.76. The Kier molecular flexibility index (Phi) is 4.37. The minimum atomic E-state index is 0.123. The van der Waals surface area contributed by atoms with Crippen molar-refractivity contribution >= 4 is 11.6 Å². The Labute approximate surface area is 109 Å². The number of likely N-dealkylation sites (tertiary alicyclic amines) is 1. The van der Waals surface area contributed by atoms with E-state index >= 15 is 0 Å². The maximum atomic E-state index is 11.9. The van der Waals surface area contributed by atoms with Gasteiger partial charge in [0.25, 0.3) is 0 Å². The predicted octanol–water partition coefficient (Wildman–Crippen LogP) is 2.67. The smallest absolute Gasteiger partial charge is 0.225 e. The number of hydrogen-bond acceptors (Lipinski definition) is 2. The molecule has 1 atom stereocenters. The van der Waals surface area contributed by atoms with Crippen LogP contribution in [0, 0.1) is 0 Å². The summed E-state index contributed by atoms with van der Waals surface area (Å²) >= 11 is 0. The van der Waals surface area contributed by atoms with Gasteiger partial charge in [-0.25, -0.2) is 0 Å². The zero-order valence-electron chi connectivity index (χ0n) is 11.3. The van der Waals surface area contributed by atoms with Crippen LogP contribution in [0.15, 0.2) is 24.3 Å². The maximum Gasteiger partial charge on any atom is 0.225 e. The van der Waals surface area contributed by atoms with E-state index in [-0.39, 0.29) is 5.91 Å². The number of nitrogens with one attached hydrogen (secondary N) is 1. The fraction of sp³-hybridized carbons (Fsp3) is 0.533. The lowest BCUT2D eigenvalue weighted by molar-refractivity contribution is -0.117. The van der Waals surface area contributed by atoms with E-state index in [1.807, 2.05) is 12.1 Å². The van der Waals surface area contributed by atoms with Gasteiger partial charge in [0.15, 0.2) is 0 Å². The molecule has 18 heavy (non-hydrogen) atoms. The van der Waals surface area contributed by atoms with Gasteiger partial charge in [-0.05, 0) is 50.6 Å². The molecule has 1 unspecified atom stereocenters. The third-order valence-corrected chi connectivity index (χ3v) is 3.74. The second kappa shape index (κ2) is 6.01. The Morgan fingerprint density at radius 1 is 1.39 bits per heavy atom. The van der Waals surface area contributed by atoms with Crippen molar-refractivity contribution in [2.75, 3.05) is 18.9 Å². The Balaban J connectivity index is 1.86. The molecule has 1 saturated heterocycles. The van der Waals surface area contributed by atoms with E-state index in [1.165, 1.54) is 12.0 Å². The first kappa shape index (κ1) is 13.1. The summed E-state index contributed by atoms with van der Waals surface area (Å²) in [5, 5.41) is 2.98. The molecule has 1 fully saturated rings. The lowest BCUT2D eigenvalue weighted by Gasteiger charge is -2.18. The first-order valence-corrected chi connectivity index (χ1v) is 6.78.